The second-order valence-corrected chi connectivity index (χ2v) is 5.82. The van der Waals surface area contributed by atoms with E-state index in [0.717, 1.165) is 36.3 Å². The van der Waals surface area contributed by atoms with Crippen molar-refractivity contribution in [1.29, 1.82) is 0 Å². The number of hydrogen-bond donors (Lipinski definition) is 0. The van der Waals surface area contributed by atoms with E-state index in [1.54, 1.807) is 6.33 Å². The van der Waals surface area contributed by atoms with Crippen molar-refractivity contribution in [3.05, 3.63) is 42.7 Å². The zero-order valence-electron chi connectivity index (χ0n) is 12.7. The molecule has 1 fully saturated rings. The zero-order valence-corrected chi connectivity index (χ0v) is 12.7. The maximum absolute atomic E-state index is 4.46. The van der Waals surface area contributed by atoms with Crippen LogP contribution in [0.1, 0.15) is 19.8 Å². The van der Waals surface area contributed by atoms with Gasteiger partial charge in [-0.05, 0) is 30.9 Å². The summed E-state index contributed by atoms with van der Waals surface area (Å²) in [4.78, 5) is 13.3. The van der Waals surface area contributed by atoms with Crippen LogP contribution in [0.4, 0.5) is 17.3 Å². The quantitative estimate of drug-likeness (QED) is 0.862. The minimum absolute atomic E-state index is 0.740. The first-order valence-electron chi connectivity index (χ1n) is 7.60. The number of nitrogens with zero attached hydrogens (tertiary/aromatic N) is 4. The molecule has 1 aliphatic rings. The molecular weight excluding hydrogens is 260 g/mol. The number of piperidine rings is 1. The summed E-state index contributed by atoms with van der Waals surface area (Å²) in [5, 5.41) is 0. The number of hydrogen-bond acceptors (Lipinski definition) is 4. The third-order valence-corrected chi connectivity index (χ3v) is 4.11. The van der Waals surface area contributed by atoms with Gasteiger partial charge >= 0.3 is 0 Å². The van der Waals surface area contributed by atoms with Gasteiger partial charge in [0.1, 0.15) is 18.0 Å². The van der Waals surface area contributed by atoms with Crippen molar-refractivity contribution in [3.8, 4) is 0 Å². The third-order valence-electron chi connectivity index (χ3n) is 4.11. The Morgan fingerprint density at radius 2 is 2.00 bits per heavy atom. The lowest BCUT2D eigenvalue weighted by Crippen LogP contribution is -2.34. The van der Waals surface area contributed by atoms with Gasteiger partial charge in [-0.25, -0.2) is 9.97 Å². The lowest BCUT2D eigenvalue weighted by atomic mass is 10.0. The fourth-order valence-corrected chi connectivity index (χ4v) is 2.87. The molecule has 2 heterocycles. The molecule has 0 amide bonds. The van der Waals surface area contributed by atoms with E-state index in [9.17, 15) is 0 Å². The Hall–Kier alpha value is -2.10. The maximum atomic E-state index is 4.46. The molecule has 4 nitrogen and oxygen atoms in total. The monoisotopic (exact) mass is 282 g/mol. The van der Waals surface area contributed by atoms with Crippen LogP contribution in [-0.4, -0.2) is 30.1 Å². The topological polar surface area (TPSA) is 32.3 Å². The summed E-state index contributed by atoms with van der Waals surface area (Å²) >= 11 is 0. The van der Waals surface area contributed by atoms with Gasteiger partial charge in [-0.2, -0.15) is 0 Å². The Balaban J connectivity index is 1.83. The number of aromatic nitrogens is 2. The van der Waals surface area contributed by atoms with Gasteiger partial charge in [0, 0.05) is 31.9 Å². The van der Waals surface area contributed by atoms with Crippen molar-refractivity contribution in [3.63, 3.8) is 0 Å². The van der Waals surface area contributed by atoms with Gasteiger partial charge in [-0.15, -0.1) is 0 Å². The van der Waals surface area contributed by atoms with E-state index in [2.05, 4.69) is 44.9 Å². The Morgan fingerprint density at radius 1 is 1.19 bits per heavy atom. The van der Waals surface area contributed by atoms with Crippen LogP contribution in [0.25, 0.3) is 0 Å². The summed E-state index contributed by atoms with van der Waals surface area (Å²) in [6.07, 6.45) is 4.23. The van der Waals surface area contributed by atoms with Crippen LogP contribution in [0.15, 0.2) is 42.7 Å². The molecule has 1 aromatic heterocycles. The largest absolute Gasteiger partial charge is 0.356 e. The number of anilines is 3. The lowest BCUT2D eigenvalue weighted by molar-refractivity contribution is 0.444. The molecule has 0 spiro atoms. The third kappa shape index (κ3) is 3.15. The molecule has 21 heavy (non-hydrogen) atoms. The van der Waals surface area contributed by atoms with Crippen molar-refractivity contribution in [2.24, 2.45) is 5.92 Å². The van der Waals surface area contributed by atoms with Crippen LogP contribution < -0.4 is 9.80 Å². The average molecular weight is 282 g/mol. The van der Waals surface area contributed by atoms with Gasteiger partial charge in [0.2, 0.25) is 0 Å². The summed E-state index contributed by atoms with van der Waals surface area (Å²) < 4.78 is 0. The second-order valence-electron chi connectivity index (χ2n) is 5.82. The van der Waals surface area contributed by atoms with Gasteiger partial charge in [0.15, 0.2) is 0 Å². The van der Waals surface area contributed by atoms with Crippen molar-refractivity contribution in [2.45, 2.75) is 19.8 Å². The average Bonchev–Trinajstić information content (AvgIpc) is 2.55. The summed E-state index contributed by atoms with van der Waals surface area (Å²) in [6, 6.07) is 12.4. The van der Waals surface area contributed by atoms with E-state index in [1.165, 1.54) is 12.8 Å². The molecule has 110 valence electrons. The van der Waals surface area contributed by atoms with E-state index in [0.29, 0.717) is 0 Å². The van der Waals surface area contributed by atoms with Crippen LogP contribution in [0.5, 0.6) is 0 Å². The predicted molar refractivity (Wildman–Crippen MR) is 87.1 cm³/mol. The van der Waals surface area contributed by atoms with Gasteiger partial charge in [-0.3, -0.25) is 0 Å². The number of benzene rings is 1. The van der Waals surface area contributed by atoms with Crippen LogP contribution >= 0.6 is 0 Å². The molecule has 3 rings (SSSR count). The van der Waals surface area contributed by atoms with Crippen LogP contribution in [0.2, 0.25) is 0 Å². The van der Waals surface area contributed by atoms with E-state index < -0.39 is 0 Å². The van der Waals surface area contributed by atoms with E-state index in [4.69, 9.17) is 0 Å². The molecule has 1 aromatic carbocycles. The minimum atomic E-state index is 0.740. The Bertz CT molecular complexity index is 584. The fourth-order valence-electron chi connectivity index (χ4n) is 2.87. The van der Waals surface area contributed by atoms with Crippen molar-refractivity contribution in [1.82, 2.24) is 9.97 Å². The highest BCUT2D eigenvalue weighted by atomic mass is 15.2. The molecule has 0 bridgehead atoms. The minimum Gasteiger partial charge on any atom is -0.356 e. The Kier molecular flexibility index (Phi) is 4.04. The summed E-state index contributed by atoms with van der Waals surface area (Å²) in [7, 11) is 2.04. The zero-order chi connectivity index (χ0) is 14.7. The van der Waals surface area contributed by atoms with Gasteiger partial charge in [0.25, 0.3) is 0 Å². The molecule has 1 aliphatic heterocycles. The highest BCUT2D eigenvalue weighted by Crippen LogP contribution is 2.26. The number of para-hydroxylation sites is 1. The second kappa shape index (κ2) is 6.12. The SMILES string of the molecule is CC1CCCN(c2cc(N(C)c3ccccc3)ncn2)C1. The molecule has 4 heteroatoms. The highest BCUT2D eigenvalue weighted by Gasteiger charge is 2.18. The Labute approximate surface area is 126 Å². The first-order valence-corrected chi connectivity index (χ1v) is 7.60. The summed E-state index contributed by atoms with van der Waals surface area (Å²) in [6.45, 7) is 4.49. The van der Waals surface area contributed by atoms with Crippen LogP contribution in [0.3, 0.4) is 0 Å². The molecule has 0 radical (unpaired) electrons. The molecule has 0 saturated carbocycles. The molecule has 1 unspecified atom stereocenters. The van der Waals surface area contributed by atoms with Crippen molar-refractivity contribution in [2.75, 3.05) is 29.9 Å². The lowest BCUT2D eigenvalue weighted by Gasteiger charge is -2.32. The van der Waals surface area contributed by atoms with Gasteiger partial charge < -0.3 is 9.80 Å². The van der Waals surface area contributed by atoms with Crippen LogP contribution in [-0.2, 0) is 0 Å². The van der Waals surface area contributed by atoms with Crippen molar-refractivity contribution >= 4 is 17.3 Å². The summed E-state index contributed by atoms with van der Waals surface area (Å²) in [5.41, 5.74) is 1.13. The molecule has 1 saturated heterocycles. The maximum Gasteiger partial charge on any atom is 0.138 e. The predicted octanol–water partition coefficient (Wildman–Crippen LogP) is 3.48. The van der Waals surface area contributed by atoms with Gasteiger partial charge in [-0.1, -0.05) is 25.1 Å². The van der Waals surface area contributed by atoms with Crippen molar-refractivity contribution < 1.29 is 0 Å². The first-order chi connectivity index (χ1) is 10.2. The molecule has 1 atom stereocenters. The Morgan fingerprint density at radius 3 is 2.76 bits per heavy atom. The standard InChI is InChI=1S/C17H22N4/c1-14-7-6-10-21(12-14)17-11-16(18-13-19-17)20(2)15-8-4-3-5-9-15/h3-5,8-9,11,13-14H,6-7,10,12H2,1-2H3. The van der Waals surface area contributed by atoms with E-state index >= 15 is 0 Å². The van der Waals surface area contributed by atoms with E-state index in [1.807, 2.05) is 25.2 Å². The first kappa shape index (κ1) is 13.9. The fraction of sp³-hybridized carbons (Fsp3) is 0.412. The van der Waals surface area contributed by atoms with Crippen LogP contribution in [0, 0.1) is 5.92 Å². The number of rotatable bonds is 3. The molecule has 0 N–H and O–H groups in total. The van der Waals surface area contributed by atoms with E-state index in [-0.39, 0.29) is 0 Å². The smallest absolute Gasteiger partial charge is 0.138 e. The molecular formula is C17H22N4. The molecule has 0 aliphatic carbocycles. The highest BCUT2D eigenvalue weighted by molar-refractivity contribution is 5.61. The normalized spacial score (nSPS) is 18.6. The molecule has 2 aromatic rings. The summed E-state index contributed by atoms with van der Waals surface area (Å²) in [5.74, 6) is 2.71. The van der Waals surface area contributed by atoms with Gasteiger partial charge in [0.05, 0.1) is 0 Å².